The maximum Gasteiger partial charge on any atom is 0.164 e. The predicted molar refractivity (Wildman–Crippen MR) is 113 cm³/mol. The Morgan fingerprint density at radius 3 is 2.54 bits per heavy atom. The summed E-state index contributed by atoms with van der Waals surface area (Å²) in [6.07, 6.45) is 7.76. The second-order valence-electron chi connectivity index (χ2n) is 7.27. The number of ketones is 1. The van der Waals surface area contributed by atoms with E-state index in [1.54, 1.807) is 11.8 Å². The third-order valence-electron chi connectivity index (χ3n) is 5.36. The standard InChI is InChI=1S/C22H28O2S2/c1-2-18-20(23)13-21(25)19(15-24-14-16-9-5-3-6-10-16)22(18)26-17-11-7-4-8-12-17/h4,7-8,11-12,16,19H,2-3,5-6,9-10,13-15H2,1H3. The molecule has 3 rings (SSSR count). The first kappa shape index (κ1) is 19.8. The Morgan fingerprint density at radius 2 is 1.85 bits per heavy atom. The number of thioether (sulfide) groups is 1. The van der Waals surface area contributed by atoms with Crippen molar-refractivity contribution in [1.29, 1.82) is 0 Å². The lowest BCUT2D eigenvalue weighted by Crippen LogP contribution is -2.30. The van der Waals surface area contributed by atoms with Crippen molar-refractivity contribution < 1.29 is 9.53 Å². The van der Waals surface area contributed by atoms with E-state index in [-0.39, 0.29) is 11.7 Å². The lowest BCUT2D eigenvalue weighted by Gasteiger charge is -2.29. The van der Waals surface area contributed by atoms with Gasteiger partial charge in [0, 0.05) is 39.2 Å². The summed E-state index contributed by atoms with van der Waals surface area (Å²) in [6.45, 7) is 3.51. The summed E-state index contributed by atoms with van der Waals surface area (Å²) in [5.74, 6) is 0.966. The molecule has 1 fully saturated rings. The molecule has 4 heteroatoms. The Kier molecular flexibility index (Phi) is 7.47. The van der Waals surface area contributed by atoms with Crippen molar-refractivity contribution in [2.24, 2.45) is 11.8 Å². The van der Waals surface area contributed by atoms with Gasteiger partial charge in [-0.25, -0.2) is 0 Å². The second kappa shape index (κ2) is 9.82. The molecule has 0 heterocycles. The number of rotatable bonds is 7. The van der Waals surface area contributed by atoms with Crippen LogP contribution in [-0.2, 0) is 9.53 Å². The van der Waals surface area contributed by atoms with Gasteiger partial charge in [-0.05, 0) is 37.3 Å². The summed E-state index contributed by atoms with van der Waals surface area (Å²) in [6, 6.07) is 10.3. The molecule has 0 aromatic heterocycles. The fourth-order valence-electron chi connectivity index (χ4n) is 3.88. The van der Waals surface area contributed by atoms with Crippen molar-refractivity contribution in [3.05, 3.63) is 40.8 Å². The second-order valence-corrected chi connectivity index (χ2v) is 8.91. The number of Topliss-reactive ketones (excluding diaryl/α,β-unsaturated/α-hetero) is 1. The Labute approximate surface area is 166 Å². The largest absolute Gasteiger partial charge is 0.380 e. The van der Waals surface area contributed by atoms with E-state index < -0.39 is 0 Å². The average molecular weight is 389 g/mol. The van der Waals surface area contributed by atoms with Crippen LogP contribution in [0.1, 0.15) is 51.9 Å². The van der Waals surface area contributed by atoms with Gasteiger partial charge in [-0.3, -0.25) is 4.79 Å². The molecular formula is C22H28O2S2. The lowest BCUT2D eigenvalue weighted by atomic mass is 9.88. The molecule has 1 unspecified atom stereocenters. The van der Waals surface area contributed by atoms with E-state index in [9.17, 15) is 4.79 Å². The molecule has 1 aromatic carbocycles. The van der Waals surface area contributed by atoms with Crippen molar-refractivity contribution in [3.8, 4) is 0 Å². The molecule has 140 valence electrons. The summed E-state index contributed by atoms with van der Waals surface area (Å²) in [5, 5.41) is 0. The Bertz CT molecular complexity index is 660. The average Bonchev–Trinajstić information content (AvgIpc) is 2.66. The van der Waals surface area contributed by atoms with Gasteiger partial charge in [0.05, 0.1) is 6.61 Å². The van der Waals surface area contributed by atoms with Crippen LogP contribution in [0.3, 0.4) is 0 Å². The van der Waals surface area contributed by atoms with Crippen LogP contribution in [0.4, 0.5) is 0 Å². The zero-order valence-electron chi connectivity index (χ0n) is 15.5. The topological polar surface area (TPSA) is 26.3 Å². The predicted octanol–water partition coefficient (Wildman–Crippen LogP) is 6.00. The van der Waals surface area contributed by atoms with Gasteiger partial charge in [0.25, 0.3) is 0 Å². The first-order chi connectivity index (χ1) is 12.7. The number of hydrogen-bond acceptors (Lipinski definition) is 4. The van der Waals surface area contributed by atoms with Crippen molar-refractivity contribution >= 4 is 34.6 Å². The summed E-state index contributed by atoms with van der Waals surface area (Å²) >= 11 is 7.31. The zero-order chi connectivity index (χ0) is 18.4. The molecule has 0 amide bonds. The van der Waals surface area contributed by atoms with E-state index in [1.165, 1.54) is 32.1 Å². The number of hydrogen-bond donors (Lipinski definition) is 0. The van der Waals surface area contributed by atoms with Crippen LogP contribution in [-0.4, -0.2) is 23.9 Å². The molecule has 0 spiro atoms. The molecule has 1 aromatic rings. The fourth-order valence-corrected chi connectivity index (χ4v) is 5.55. The highest BCUT2D eigenvalue weighted by molar-refractivity contribution is 8.03. The maximum absolute atomic E-state index is 12.5. The van der Waals surface area contributed by atoms with Crippen molar-refractivity contribution in [2.75, 3.05) is 13.2 Å². The van der Waals surface area contributed by atoms with E-state index in [2.05, 4.69) is 19.1 Å². The Morgan fingerprint density at radius 1 is 1.12 bits per heavy atom. The van der Waals surface area contributed by atoms with Crippen molar-refractivity contribution in [2.45, 2.75) is 56.8 Å². The van der Waals surface area contributed by atoms with Crippen LogP contribution in [0.25, 0.3) is 0 Å². The van der Waals surface area contributed by atoms with Crippen LogP contribution in [0.5, 0.6) is 0 Å². The molecule has 26 heavy (non-hydrogen) atoms. The van der Waals surface area contributed by atoms with Gasteiger partial charge >= 0.3 is 0 Å². The van der Waals surface area contributed by atoms with Gasteiger partial charge < -0.3 is 4.74 Å². The monoisotopic (exact) mass is 388 g/mol. The molecule has 0 saturated heterocycles. The first-order valence-electron chi connectivity index (χ1n) is 9.78. The van der Waals surface area contributed by atoms with Crippen LogP contribution < -0.4 is 0 Å². The highest BCUT2D eigenvalue weighted by atomic mass is 32.2. The van der Waals surface area contributed by atoms with Crippen LogP contribution >= 0.6 is 24.0 Å². The lowest BCUT2D eigenvalue weighted by molar-refractivity contribution is -0.114. The van der Waals surface area contributed by atoms with E-state index >= 15 is 0 Å². The minimum Gasteiger partial charge on any atom is -0.380 e. The molecule has 1 atom stereocenters. The normalized spacial score (nSPS) is 22.1. The summed E-state index contributed by atoms with van der Waals surface area (Å²) in [4.78, 5) is 15.6. The molecule has 2 nitrogen and oxygen atoms in total. The number of thiocarbonyl (C=S) groups is 1. The zero-order valence-corrected chi connectivity index (χ0v) is 17.2. The summed E-state index contributed by atoms with van der Waals surface area (Å²) in [5.41, 5.74) is 0.943. The van der Waals surface area contributed by atoms with Gasteiger partial charge in [-0.2, -0.15) is 0 Å². The van der Waals surface area contributed by atoms with Crippen LogP contribution in [0, 0.1) is 11.8 Å². The highest BCUT2D eigenvalue weighted by Crippen LogP contribution is 2.40. The van der Waals surface area contributed by atoms with Gasteiger partial charge in [-0.15, -0.1) is 0 Å². The fraction of sp³-hybridized carbons (Fsp3) is 0.545. The number of carbonyl (C=O) groups is 1. The molecular weight excluding hydrogens is 360 g/mol. The van der Waals surface area contributed by atoms with Crippen molar-refractivity contribution in [3.63, 3.8) is 0 Å². The minimum atomic E-state index is 0.0754. The number of benzene rings is 1. The molecule has 0 radical (unpaired) electrons. The SMILES string of the molecule is CCC1=C(Sc2ccccc2)C(COCC2CCCCC2)C(=S)CC1=O. The quantitative estimate of drug-likeness (QED) is 0.535. The first-order valence-corrected chi connectivity index (χ1v) is 11.0. The number of ether oxygens (including phenoxy) is 1. The van der Waals surface area contributed by atoms with Gasteiger partial charge in [0.15, 0.2) is 5.78 Å². The third-order valence-corrected chi connectivity index (χ3v) is 7.05. The van der Waals surface area contributed by atoms with Gasteiger partial charge in [0.2, 0.25) is 0 Å². The van der Waals surface area contributed by atoms with Crippen LogP contribution in [0.15, 0.2) is 45.7 Å². The molecule has 0 N–H and O–H groups in total. The minimum absolute atomic E-state index is 0.0754. The highest BCUT2D eigenvalue weighted by Gasteiger charge is 2.32. The Balaban J connectivity index is 1.72. The number of carbonyl (C=O) groups excluding carboxylic acids is 1. The van der Waals surface area contributed by atoms with Crippen molar-refractivity contribution in [1.82, 2.24) is 0 Å². The maximum atomic E-state index is 12.5. The Hall–Kier alpha value is -0.970. The van der Waals surface area contributed by atoms with E-state index in [1.807, 2.05) is 18.2 Å². The number of allylic oxidation sites excluding steroid dienone is 1. The van der Waals surface area contributed by atoms with Crippen LogP contribution in [0.2, 0.25) is 0 Å². The molecule has 1 saturated carbocycles. The van der Waals surface area contributed by atoms with E-state index in [4.69, 9.17) is 17.0 Å². The third kappa shape index (κ3) is 5.05. The molecule has 0 bridgehead atoms. The smallest absolute Gasteiger partial charge is 0.164 e. The van der Waals surface area contributed by atoms with E-state index in [0.717, 1.165) is 33.3 Å². The summed E-state index contributed by atoms with van der Waals surface area (Å²) in [7, 11) is 0. The van der Waals surface area contributed by atoms with E-state index in [0.29, 0.717) is 18.9 Å². The molecule has 0 aliphatic heterocycles. The summed E-state index contributed by atoms with van der Waals surface area (Å²) < 4.78 is 6.13. The molecule has 2 aliphatic rings. The molecule has 2 aliphatic carbocycles. The van der Waals surface area contributed by atoms with Gasteiger partial charge in [0.1, 0.15) is 0 Å². The van der Waals surface area contributed by atoms with Gasteiger partial charge in [-0.1, -0.05) is 68.4 Å².